The van der Waals surface area contributed by atoms with Gasteiger partial charge in [-0.05, 0) is 55.8 Å². The van der Waals surface area contributed by atoms with E-state index in [0.717, 1.165) is 29.3 Å². The summed E-state index contributed by atoms with van der Waals surface area (Å²) in [6.45, 7) is 3.11. The lowest BCUT2D eigenvalue weighted by atomic mass is 10.0. The number of fused-ring (bicyclic) bond motifs is 1. The van der Waals surface area contributed by atoms with Gasteiger partial charge in [0.1, 0.15) is 17.4 Å². The van der Waals surface area contributed by atoms with Gasteiger partial charge in [0, 0.05) is 23.0 Å². The van der Waals surface area contributed by atoms with Crippen LogP contribution in [0.25, 0.3) is 11.6 Å². The molecule has 37 heavy (non-hydrogen) atoms. The van der Waals surface area contributed by atoms with Crippen LogP contribution in [0, 0.1) is 25.5 Å². The number of carbonyl (C=O) groups excluding carboxylic acids is 3. The Hall–Kier alpha value is -5.00. The molecule has 190 valence electrons. The zero-order valence-electron chi connectivity index (χ0n) is 19.7. The molecule has 0 bridgehead atoms. The number of ether oxygens (including phenoxy) is 1. The van der Waals surface area contributed by atoms with Gasteiger partial charge in [0.05, 0.1) is 29.5 Å². The number of aryl methyl sites for hydroxylation is 1. The van der Waals surface area contributed by atoms with Crippen molar-refractivity contribution in [3.05, 3.63) is 81.7 Å². The zero-order valence-corrected chi connectivity index (χ0v) is 19.7. The predicted molar refractivity (Wildman–Crippen MR) is 128 cm³/mol. The molecule has 1 aliphatic heterocycles. The van der Waals surface area contributed by atoms with E-state index < -0.39 is 41.0 Å². The molecule has 2 aromatic carbocycles. The maximum Gasteiger partial charge on any atom is 0.340 e. The van der Waals surface area contributed by atoms with Crippen molar-refractivity contribution in [1.82, 2.24) is 15.7 Å². The summed E-state index contributed by atoms with van der Waals surface area (Å²) in [5, 5.41) is 12.2. The summed E-state index contributed by atoms with van der Waals surface area (Å²) >= 11 is 0. The van der Waals surface area contributed by atoms with Gasteiger partial charge in [-0.1, -0.05) is 0 Å². The van der Waals surface area contributed by atoms with Crippen molar-refractivity contribution in [2.24, 2.45) is 0 Å². The number of aromatic nitrogens is 1. The molecule has 12 heteroatoms. The van der Waals surface area contributed by atoms with Crippen molar-refractivity contribution in [3.63, 3.8) is 0 Å². The normalized spacial score (nSPS) is 13.5. The van der Waals surface area contributed by atoms with Crippen LogP contribution in [0.5, 0.6) is 5.75 Å². The Morgan fingerprint density at radius 1 is 1.11 bits per heavy atom. The molecule has 0 saturated carbocycles. The summed E-state index contributed by atoms with van der Waals surface area (Å²) in [6, 6.07) is 5.70. The topological polar surface area (TPSA) is 141 Å². The maximum absolute atomic E-state index is 14.2. The minimum Gasteiger partial charge on any atom is -0.497 e. The monoisotopic (exact) mass is 510 g/mol. The highest BCUT2D eigenvalue weighted by molar-refractivity contribution is 6.36. The van der Waals surface area contributed by atoms with Gasteiger partial charge in [-0.25, -0.2) is 28.8 Å². The van der Waals surface area contributed by atoms with Crippen LogP contribution in [0.1, 0.15) is 43.2 Å². The van der Waals surface area contributed by atoms with E-state index in [-0.39, 0.29) is 28.1 Å². The van der Waals surface area contributed by atoms with Crippen LogP contribution >= 0.6 is 0 Å². The van der Waals surface area contributed by atoms with E-state index in [4.69, 9.17) is 4.74 Å². The molecule has 1 aliphatic rings. The fraction of sp³-hybridized carbons (Fsp3) is 0.120. The second-order valence-corrected chi connectivity index (χ2v) is 8.07. The van der Waals surface area contributed by atoms with E-state index in [1.165, 1.54) is 25.3 Å². The molecule has 4 N–H and O–H groups in total. The molecular weight excluding hydrogens is 490 g/mol. The smallest absolute Gasteiger partial charge is 0.340 e. The van der Waals surface area contributed by atoms with Crippen LogP contribution in [0.15, 0.2) is 36.4 Å². The Morgan fingerprint density at radius 3 is 2.46 bits per heavy atom. The van der Waals surface area contributed by atoms with E-state index in [9.17, 15) is 33.1 Å². The number of imide groups is 1. The van der Waals surface area contributed by atoms with E-state index in [0.29, 0.717) is 17.0 Å². The molecule has 1 aromatic heterocycles. The number of nitrogens with one attached hydrogen (secondary N) is 3. The Kier molecular flexibility index (Phi) is 6.49. The largest absolute Gasteiger partial charge is 0.497 e. The van der Waals surface area contributed by atoms with Gasteiger partial charge in [-0.15, -0.1) is 0 Å². The number of anilines is 1. The van der Waals surface area contributed by atoms with Crippen LogP contribution < -0.4 is 20.5 Å². The van der Waals surface area contributed by atoms with Crippen molar-refractivity contribution in [1.29, 1.82) is 0 Å². The third kappa shape index (κ3) is 4.63. The average molecular weight is 510 g/mol. The lowest BCUT2D eigenvalue weighted by Gasteiger charge is -2.18. The number of carboxylic acids is 1. The number of hydrogen-bond donors (Lipinski definition) is 4. The van der Waals surface area contributed by atoms with Crippen LogP contribution in [-0.4, -0.2) is 41.0 Å². The number of carbonyl (C=O) groups is 4. The number of hydrazine groups is 1. The quantitative estimate of drug-likeness (QED) is 0.387. The van der Waals surface area contributed by atoms with E-state index >= 15 is 0 Å². The number of benzene rings is 2. The number of H-pyrrole nitrogens is 1. The summed E-state index contributed by atoms with van der Waals surface area (Å²) in [6.07, 6.45) is 1.35. The number of hydrogen-bond acceptors (Lipinski definition) is 5. The second-order valence-electron chi connectivity index (χ2n) is 8.07. The van der Waals surface area contributed by atoms with Crippen molar-refractivity contribution >= 4 is 41.2 Å². The number of methoxy groups -OCH3 is 1. The minimum absolute atomic E-state index is 0.0374. The molecule has 0 atom stereocenters. The number of aromatic carboxylic acids is 1. The Bertz CT molecular complexity index is 1510. The fourth-order valence-electron chi connectivity index (χ4n) is 4.01. The van der Waals surface area contributed by atoms with Crippen LogP contribution in [0.2, 0.25) is 0 Å². The average Bonchev–Trinajstić information content (AvgIpc) is 3.25. The number of rotatable bonds is 5. The first-order valence-corrected chi connectivity index (χ1v) is 10.8. The summed E-state index contributed by atoms with van der Waals surface area (Å²) in [5.74, 6) is -4.41. The Labute approximate surface area is 208 Å². The molecule has 0 saturated heterocycles. The summed E-state index contributed by atoms with van der Waals surface area (Å²) in [4.78, 5) is 52.6. The molecule has 0 radical (unpaired) electrons. The predicted octanol–water partition coefficient (Wildman–Crippen LogP) is 3.56. The molecule has 0 unspecified atom stereocenters. The number of urea groups is 1. The van der Waals surface area contributed by atoms with Crippen molar-refractivity contribution in [2.75, 3.05) is 12.1 Å². The van der Waals surface area contributed by atoms with Gasteiger partial charge in [0.25, 0.3) is 11.8 Å². The van der Waals surface area contributed by atoms with Crippen molar-refractivity contribution in [2.45, 2.75) is 13.8 Å². The molecule has 4 rings (SSSR count). The molecule has 4 amide bonds. The molecule has 10 nitrogen and oxygen atoms in total. The standard InChI is InChI=1S/C25H20F2N4O6/c1-11-19(28-12(2)21(11)24(34)35)10-17-16-8-13(26)4-7-20(16)31(23(17)33)30-25(36)29-22(32)15-6-5-14(37-3)9-18(15)27/h4-10,28H,1-3H3,(H,34,35)(H2,29,30,32,36). The summed E-state index contributed by atoms with van der Waals surface area (Å²) in [5.41, 5.74) is 3.04. The van der Waals surface area contributed by atoms with E-state index in [1.54, 1.807) is 13.8 Å². The first-order chi connectivity index (χ1) is 17.5. The third-order valence-corrected chi connectivity index (χ3v) is 5.76. The van der Waals surface area contributed by atoms with Crippen molar-refractivity contribution < 1.29 is 37.8 Å². The van der Waals surface area contributed by atoms with Gasteiger partial charge in [-0.3, -0.25) is 14.9 Å². The molecular formula is C25H20F2N4O6. The number of aromatic amines is 1. The molecule has 0 spiro atoms. The molecule has 0 fully saturated rings. The summed E-state index contributed by atoms with van der Waals surface area (Å²) in [7, 11) is 1.32. The number of nitrogens with zero attached hydrogens (tertiary/aromatic N) is 1. The van der Waals surface area contributed by atoms with Crippen LogP contribution in [0.3, 0.4) is 0 Å². The first-order valence-electron chi connectivity index (χ1n) is 10.8. The van der Waals surface area contributed by atoms with Crippen molar-refractivity contribution in [3.8, 4) is 5.75 Å². The van der Waals surface area contributed by atoms with Gasteiger partial charge >= 0.3 is 12.0 Å². The highest BCUT2D eigenvalue weighted by atomic mass is 19.1. The zero-order chi connectivity index (χ0) is 27.0. The van der Waals surface area contributed by atoms with Gasteiger partial charge in [-0.2, -0.15) is 0 Å². The van der Waals surface area contributed by atoms with Gasteiger partial charge < -0.3 is 14.8 Å². The Morgan fingerprint density at radius 2 is 1.84 bits per heavy atom. The SMILES string of the molecule is COc1ccc(C(=O)NC(=O)NN2C(=O)C(=Cc3[nH]c(C)c(C(=O)O)c3C)c3cc(F)ccc32)c(F)c1. The highest BCUT2D eigenvalue weighted by Gasteiger charge is 2.35. The first kappa shape index (κ1) is 25.1. The fourth-order valence-corrected chi connectivity index (χ4v) is 4.01. The number of amides is 4. The van der Waals surface area contributed by atoms with Crippen LogP contribution in [0.4, 0.5) is 19.3 Å². The lowest BCUT2D eigenvalue weighted by Crippen LogP contribution is -2.50. The van der Waals surface area contributed by atoms with Crippen LogP contribution in [-0.2, 0) is 4.79 Å². The summed E-state index contributed by atoms with van der Waals surface area (Å²) < 4.78 is 33.1. The van der Waals surface area contributed by atoms with Gasteiger partial charge in [0.15, 0.2) is 0 Å². The van der Waals surface area contributed by atoms with E-state index in [2.05, 4.69) is 10.4 Å². The molecule has 3 aromatic rings. The van der Waals surface area contributed by atoms with Gasteiger partial charge in [0.2, 0.25) is 0 Å². The van der Waals surface area contributed by atoms with E-state index in [1.807, 2.05) is 5.32 Å². The second kappa shape index (κ2) is 9.57. The third-order valence-electron chi connectivity index (χ3n) is 5.76. The highest BCUT2D eigenvalue weighted by Crippen LogP contribution is 2.37. The molecule has 2 heterocycles. The number of halogens is 2. The lowest BCUT2D eigenvalue weighted by molar-refractivity contribution is -0.113. The maximum atomic E-state index is 14.2. The minimum atomic E-state index is -1.15. The number of carboxylic acid groups (broad SMARTS) is 1. The Balaban J connectivity index is 1.62. The molecule has 0 aliphatic carbocycles.